The molecule has 6 nitrogen and oxygen atoms in total. The molecule has 0 spiro atoms. The van der Waals surface area contributed by atoms with Crippen LogP contribution in [0.15, 0.2) is 42.6 Å². The van der Waals surface area contributed by atoms with Crippen molar-refractivity contribution in [1.29, 1.82) is 0 Å². The number of aromatic nitrogens is 2. The molecule has 1 amide bonds. The van der Waals surface area contributed by atoms with Crippen LogP contribution in [0, 0.1) is 5.92 Å². The Bertz CT molecular complexity index is 1010. The summed E-state index contributed by atoms with van der Waals surface area (Å²) in [6.45, 7) is 1.05. The van der Waals surface area contributed by atoms with Crippen LogP contribution < -0.4 is 14.8 Å². The van der Waals surface area contributed by atoms with Crippen LogP contribution >= 0.6 is 11.6 Å². The highest BCUT2D eigenvalue weighted by Gasteiger charge is 2.22. The molecule has 27 heavy (non-hydrogen) atoms. The Morgan fingerprint density at radius 1 is 1.30 bits per heavy atom. The smallest absolute Gasteiger partial charge is 0.223 e. The Labute approximate surface area is 161 Å². The molecular weight excluding hydrogens is 366 g/mol. The first-order valence-corrected chi connectivity index (χ1v) is 9.01. The van der Waals surface area contributed by atoms with Gasteiger partial charge in [-0.25, -0.2) is 4.98 Å². The largest absolute Gasteiger partial charge is 0.495 e. The van der Waals surface area contributed by atoms with Gasteiger partial charge in [-0.1, -0.05) is 11.6 Å². The molecule has 0 aliphatic carbocycles. The van der Waals surface area contributed by atoms with Gasteiger partial charge in [-0.05, 0) is 36.4 Å². The summed E-state index contributed by atoms with van der Waals surface area (Å²) in [5.41, 5.74) is 2.34. The predicted octanol–water partition coefficient (Wildman–Crippen LogP) is 3.47. The number of rotatable bonds is 5. The molecule has 4 rings (SSSR count). The van der Waals surface area contributed by atoms with Crippen LogP contribution in [0.2, 0.25) is 5.02 Å². The van der Waals surface area contributed by atoms with E-state index in [1.165, 1.54) is 0 Å². The molecule has 1 saturated heterocycles. The molecule has 1 N–H and O–H groups in total. The van der Waals surface area contributed by atoms with Crippen LogP contribution in [-0.2, 0) is 4.79 Å². The number of benzene rings is 1. The maximum atomic E-state index is 11.4. The molecule has 0 radical (unpaired) electrons. The molecule has 0 saturated carbocycles. The summed E-state index contributed by atoms with van der Waals surface area (Å²) in [6.07, 6.45) is 2.21. The highest BCUT2D eigenvalue weighted by molar-refractivity contribution is 6.32. The topological polar surface area (TPSA) is 73.3 Å². The SMILES string of the molecule is COc1ccc(-c2cc3ncccc3c(OC[C@H]3CNC(=O)C3)n2)cc1Cl. The second kappa shape index (κ2) is 7.40. The summed E-state index contributed by atoms with van der Waals surface area (Å²) < 4.78 is 11.2. The fourth-order valence-electron chi connectivity index (χ4n) is 3.11. The first kappa shape index (κ1) is 17.5. The highest BCUT2D eigenvalue weighted by Crippen LogP contribution is 2.33. The van der Waals surface area contributed by atoms with Crippen molar-refractivity contribution in [2.24, 2.45) is 5.92 Å². The zero-order chi connectivity index (χ0) is 18.8. The van der Waals surface area contributed by atoms with Gasteiger partial charge in [-0.2, -0.15) is 0 Å². The molecule has 0 bridgehead atoms. The van der Waals surface area contributed by atoms with E-state index in [2.05, 4.69) is 15.3 Å². The van der Waals surface area contributed by atoms with Crippen molar-refractivity contribution in [3.8, 4) is 22.9 Å². The van der Waals surface area contributed by atoms with E-state index in [-0.39, 0.29) is 11.8 Å². The molecule has 1 fully saturated rings. The molecule has 1 atom stereocenters. The molecule has 1 aliphatic rings. The van der Waals surface area contributed by atoms with E-state index in [0.29, 0.717) is 41.9 Å². The van der Waals surface area contributed by atoms with Crippen LogP contribution in [-0.4, -0.2) is 36.1 Å². The zero-order valence-electron chi connectivity index (χ0n) is 14.7. The minimum absolute atomic E-state index is 0.0599. The molecule has 0 unspecified atom stereocenters. The fourth-order valence-corrected chi connectivity index (χ4v) is 3.37. The average molecular weight is 384 g/mol. The van der Waals surface area contributed by atoms with Crippen LogP contribution in [0.5, 0.6) is 11.6 Å². The van der Waals surface area contributed by atoms with Crippen molar-refractivity contribution in [1.82, 2.24) is 15.3 Å². The number of pyridine rings is 2. The Balaban J connectivity index is 1.69. The number of hydrogen-bond donors (Lipinski definition) is 1. The van der Waals surface area contributed by atoms with Crippen molar-refractivity contribution in [2.75, 3.05) is 20.3 Å². The highest BCUT2D eigenvalue weighted by atomic mass is 35.5. The van der Waals surface area contributed by atoms with Gasteiger partial charge >= 0.3 is 0 Å². The van der Waals surface area contributed by atoms with E-state index < -0.39 is 0 Å². The second-order valence-corrected chi connectivity index (χ2v) is 6.82. The van der Waals surface area contributed by atoms with E-state index in [4.69, 9.17) is 21.1 Å². The van der Waals surface area contributed by atoms with Gasteiger partial charge in [0.15, 0.2) is 0 Å². The first-order valence-electron chi connectivity index (χ1n) is 8.63. The van der Waals surface area contributed by atoms with Crippen molar-refractivity contribution in [2.45, 2.75) is 6.42 Å². The number of nitrogens with zero attached hydrogens (tertiary/aromatic N) is 2. The molecule has 3 aromatic rings. The first-order chi connectivity index (χ1) is 13.1. The van der Waals surface area contributed by atoms with Crippen LogP contribution in [0.1, 0.15) is 6.42 Å². The Morgan fingerprint density at radius 2 is 2.19 bits per heavy atom. The Hall–Kier alpha value is -2.86. The van der Waals surface area contributed by atoms with Crippen LogP contribution in [0.25, 0.3) is 22.2 Å². The van der Waals surface area contributed by atoms with E-state index in [9.17, 15) is 4.79 Å². The number of nitrogens with one attached hydrogen (secondary N) is 1. The lowest BCUT2D eigenvalue weighted by Crippen LogP contribution is -2.17. The standard InChI is InChI=1S/C20H18ClN3O3/c1-26-18-5-4-13(8-15(18)21)16-9-17-14(3-2-6-22-17)20(24-16)27-11-12-7-19(25)23-10-12/h2-6,8-9,12H,7,10-11H2,1H3,(H,23,25)/t12-/m1/s1. The maximum absolute atomic E-state index is 11.4. The van der Waals surface area contributed by atoms with Crippen LogP contribution in [0.3, 0.4) is 0 Å². The number of halogens is 1. The molecular formula is C20H18ClN3O3. The van der Waals surface area contributed by atoms with Gasteiger partial charge in [0, 0.05) is 30.6 Å². The number of amides is 1. The number of fused-ring (bicyclic) bond motifs is 1. The Morgan fingerprint density at radius 3 is 2.93 bits per heavy atom. The lowest BCUT2D eigenvalue weighted by atomic mass is 10.1. The number of methoxy groups -OCH3 is 1. The van der Waals surface area contributed by atoms with E-state index in [0.717, 1.165) is 16.5 Å². The summed E-state index contributed by atoms with van der Waals surface area (Å²) in [6, 6.07) is 11.2. The molecule has 138 valence electrons. The number of hydrogen-bond acceptors (Lipinski definition) is 5. The van der Waals surface area contributed by atoms with Gasteiger partial charge in [0.25, 0.3) is 0 Å². The monoisotopic (exact) mass is 383 g/mol. The van der Waals surface area contributed by atoms with E-state index >= 15 is 0 Å². The molecule has 1 aliphatic heterocycles. The number of ether oxygens (including phenoxy) is 2. The lowest BCUT2D eigenvalue weighted by molar-refractivity contribution is -0.119. The van der Waals surface area contributed by atoms with Gasteiger partial charge in [0.2, 0.25) is 11.8 Å². The van der Waals surface area contributed by atoms with Crippen molar-refractivity contribution < 1.29 is 14.3 Å². The summed E-state index contributed by atoms with van der Waals surface area (Å²) in [7, 11) is 1.58. The van der Waals surface area contributed by atoms with Crippen molar-refractivity contribution in [3.63, 3.8) is 0 Å². The van der Waals surface area contributed by atoms with Crippen molar-refractivity contribution >= 4 is 28.4 Å². The Kier molecular flexibility index (Phi) is 4.81. The third kappa shape index (κ3) is 3.66. The average Bonchev–Trinajstić information content (AvgIpc) is 3.11. The fraction of sp³-hybridized carbons (Fsp3) is 0.250. The van der Waals surface area contributed by atoms with Crippen LogP contribution in [0.4, 0.5) is 0 Å². The minimum atomic E-state index is 0.0599. The molecule has 7 heteroatoms. The number of carbonyl (C=O) groups excluding carboxylic acids is 1. The van der Waals surface area contributed by atoms with Gasteiger partial charge in [0.1, 0.15) is 5.75 Å². The van der Waals surface area contributed by atoms with Gasteiger partial charge in [0.05, 0.1) is 35.3 Å². The van der Waals surface area contributed by atoms with Gasteiger partial charge in [-0.3, -0.25) is 9.78 Å². The summed E-state index contributed by atoms with van der Waals surface area (Å²) in [5, 5.41) is 4.16. The van der Waals surface area contributed by atoms with E-state index in [1.54, 1.807) is 25.4 Å². The molecule has 2 aromatic heterocycles. The summed E-state index contributed by atoms with van der Waals surface area (Å²) >= 11 is 6.26. The third-order valence-corrected chi connectivity index (χ3v) is 4.83. The zero-order valence-corrected chi connectivity index (χ0v) is 15.5. The molecule has 1 aromatic carbocycles. The normalized spacial score (nSPS) is 16.4. The molecule has 3 heterocycles. The summed E-state index contributed by atoms with van der Waals surface area (Å²) in [5.74, 6) is 1.31. The third-order valence-electron chi connectivity index (χ3n) is 4.53. The van der Waals surface area contributed by atoms with Gasteiger partial charge in [-0.15, -0.1) is 0 Å². The minimum Gasteiger partial charge on any atom is -0.495 e. The van der Waals surface area contributed by atoms with E-state index in [1.807, 2.05) is 24.3 Å². The number of carbonyl (C=O) groups is 1. The second-order valence-electron chi connectivity index (χ2n) is 6.42. The lowest BCUT2D eigenvalue weighted by Gasteiger charge is -2.13. The predicted molar refractivity (Wildman–Crippen MR) is 103 cm³/mol. The maximum Gasteiger partial charge on any atom is 0.223 e. The quantitative estimate of drug-likeness (QED) is 0.730. The van der Waals surface area contributed by atoms with Crippen molar-refractivity contribution in [3.05, 3.63) is 47.6 Å². The van der Waals surface area contributed by atoms with Gasteiger partial charge < -0.3 is 14.8 Å². The summed E-state index contributed by atoms with van der Waals surface area (Å²) in [4.78, 5) is 20.5.